The number of alkyl halides is 3. The van der Waals surface area contributed by atoms with Crippen LogP contribution < -0.4 is 10.6 Å². The molecule has 4 nitrogen and oxygen atoms in total. The maximum absolute atomic E-state index is 12.1. The molecule has 0 bridgehead atoms. The summed E-state index contributed by atoms with van der Waals surface area (Å²) in [6.45, 7) is 2.90. The largest absolute Gasteiger partial charge is 0.411 e. The standard InChI is InChI=1S/C18H28F3N3OS/c1-3-22-17(23-10-4-5-11-26-2)24-12-15-6-8-16(9-7-15)13-25-14-18(19,20)21/h6-9H,3-5,10-14H2,1-2H3,(H2,22,23,24). The van der Waals surface area contributed by atoms with Crippen LogP contribution in [-0.4, -0.2) is 43.8 Å². The van der Waals surface area contributed by atoms with Gasteiger partial charge in [-0.2, -0.15) is 24.9 Å². The third-order valence-electron chi connectivity index (χ3n) is 3.39. The molecule has 0 amide bonds. The zero-order chi connectivity index (χ0) is 19.3. The molecule has 0 saturated heterocycles. The number of aliphatic imine (C=N–C) groups is 1. The van der Waals surface area contributed by atoms with Crippen LogP contribution in [-0.2, 0) is 17.9 Å². The Morgan fingerprint density at radius 1 is 1.12 bits per heavy atom. The molecule has 0 heterocycles. The zero-order valence-electron chi connectivity index (χ0n) is 15.4. The summed E-state index contributed by atoms with van der Waals surface area (Å²) in [5.41, 5.74) is 1.70. The van der Waals surface area contributed by atoms with E-state index in [2.05, 4.69) is 26.6 Å². The molecule has 1 rings (SSSR count). The van der Waals surface area contributed by atoms with Gasteiger partial charge in [-0.05, 0) is 42.9 Å². The van der Waals surface area contributed by atoms with Gasteiger partial charge in [-0.25, -0.2) is 4.99 Å². The second kappa shape index (κ2) is 12.9. The summed E-state index contributed by atoms with van der Waals surface area (Å²) < 4.78 is 40.8. The SMILES string of the molecule is CCNC(=NCc1ccc(COCC(F)(F)F)cc1)NCCCCSC. The molecule has 26 heavy (non-hydrogen) atoms. The molecule has 1 aromatic rings. The van der Waals surface area contributed by atoms with Crippen LogP contribution >= 0.6 is 11.8 Å². The highest BCUT2D eigenvalue weighted by Gasteiger charge is 2.27. The molecular weight excluding hydrogens is 363 g/mol. The normalized spacial score (nSPS) is 12.3. The first-order chi connectivity index (χ1) is 12.4. The number of nitrogens with one attached hydrogen (secondary N) is 2. The summed E-state index contributed by atoms with van der Waals surface area (Å²) in [4.78, 5) is 4.53. The minimum absolute atomic E-state index is 0.0523. The van der Waals surface area contributed by atoms with Gasteiger partial charge < -0.3 is 15.4 Å². The molecule has 0 atom stereocenters. The van der Waals surface area contributed by atoms with Crippen molar-refractivity contribution >= 4 is 17.7 Å². The average Bonchev–Trinajstić information content (AvgIpc) is 2.59. The predicted octanol–water partition coefficient (Wildman–Crippen LogP) is 3.96. The van der Waals surface area contributed by atoms with Crippen molar-refractivity contribution in [3.8, 4) is 0 Å². The molecule has 0 aliphatic rings. The van der Waals surface area contributed by atoms with Crippen molar-refractivity contribution in [1.29, 1.82) is 0 Å². The Morgan fingerprint density at radius 3 is 2.42 bits per heavy atom. The molecule has 148 valence electrons. The van der Waals surface area contributed by atoms with Gasteiger partial charge in [0.05, 0.1) is 13.2 Å². The lowest BCUT2D eigenvalue weighted by atomic mass is 10.1. The highest BCUT2D eigenvalue weighted by atomic mass is 32.2. The van der Waals surface area contributed by atoms with E-state index >= 15 is 0 Å². The molecule has 0 aliphatic carbocycles. The maximum atomic E-state index is 12.1. The van der Waals surface area contributed by atoms with E-state index in [0.717, 1.165) is 36.8 Å². The van der Waals surface area contributed by atoms with E-state index < -0.39 is 12.8 Å². The summed E-state index contributed by atoms with van der Waals surface area (Å²) >= 11 is 1.85. The molecule has 1 aromatic carbocycles. The fraction of sp³-hybridized carbons (Fsp3) is 0.611. The summed E-state index contributed by atoms with van der Waals surface area (Å²) in [6.07, 6.45) is 0.0791. The highest BCUT2D eigenvalue weighted by molar-refractivity contribution is 7.98. The molecule has 0 aliphatic heterocycles. The van der Waals surface area contributed by atoms with Crippen molar-refractivity contribution in [3.05, 3.63) is 35.4 Å². The lowest BCUT2D eigenvalue weighted by Gasteiger charge is -2.11. The van der Waals surface area contributed by atoms with Gasteiger partial charge in [0.2, 0.25) is 0 Å². The third kappa shape index (κ3) is 11.3. The molecule has 0 unspecified atom stereocenters. The van der Waals surface area contributed by atoms with Crippen molar-refractivity contribution in [3.63, 3.8) is 0 Å². The van der Waals surface area contributed by atoms with Gasteiger partial charge in [-0.15, -0.1) is 0 Å². The van der Waals surface area contributed by atoms with Crippen LogP contribution in [0.5, 0.6) is 0 Å². The average molecular weight is 392 g/mol. The number of rotatable bonds is 11. The zero-order valence-corrected chi connectivity index (χ0v) is 16.2. The summed E-state index contributed by atoms with van der Waals surface area (Å²) in [5.74, 6) is 1.93. The third-order valence-corrected chi connectivity index (χ3v) is 4.09. The Hall–Kier alpha value is -1.41. The summed E-state index contributed by atoms with van der Waals surface area (Å²) in [5, 5.41) is 6.51. The van der Waals surface area contributed by atoms with Crippen LogP contribution in [0.2, 0.25) is 0 Å². The fourth-order valence-electron chi connectivity index (χ4n) is 2.12. The Balaban J connectivity index is 2.42. The topological polar surface area (TPSA) is 45.7 Å². The Morgan fingerprint density at radius 2 is 1.81 bits per heavy atom. The number of halogens is 3. The predicted molar refractivity (Wildman–Crippen MR) is 103 cm³/mol. The molecule has 0 spiro atoms. The minimum atomic E-state index is -4.29. The number of nitrogens with zero attached hydrogens (tertiary/aromatic N) is 1. The van der Waals surface area contributed by atoms with Gasteiger partial charge >= 0.3 is 6.18 Å². The van der Waals surface area contributed by atoms with Crippen LogP contribution in [0, 0.1) is 0 Å². The molecule has 0 aromatic heterocycles. The van der Waals surface area contributed by atoms with E-state index in [1.165, 1.54) is 6.42 Å². The monoisotopic (exact) mass is 391 g/mol. The minimum Gasteiger partial charge on any atom is -0.367 e. The molecule has 0 fully saturated rings. The maximum Gasteiger partial charge on any atom is 0.411 e. The number of hydrogen-bond acceptors (Lipinski definition) is 3. The summed E-state index contributed by atoms with van der Waals surface area (Å²) in [6, 6.07) is 7.25. The van der Waals surface area contributed by atoms with Crippen molar-refractivity contribution in [2.45, 2.75) is 39.1 Å². The van der Waals surface area contributed by atoms with Crippen molar-refractivity contribution < 1.29 is 17.9 Å². The Labute approximate surface area is 158 Å². The molecule has 0 radical (unpaired) electrons. The van der Waals surface area contributed by atoms with Gasteiger partial charge in [0.15, 0.2) is 5.96 Å². The second-order valence-corrected chi connectivity index (χ2v) is 6.73. The van der Waals surface area contributed by atoms with E-state index in [4.69, 9.17) is 0 Å². The van der Waals surface area contributed by atoms with Crippen LogP contribution in [0.1, 0.15) is 30.9 Å². The number of unbranched alkanes of at least 4 members (excludes halogenated alkanes) is 1. The van der Waals surface area contributed by atoms with Crippen LogP contribution in [0.25, 0.3) is 0 Å². The van der Waals surface area contributed by atoms with Crippen LogP contribution in [0.4, 0.5) is 13.2 Å². The molecule has 8 heteroatoms. The van der Waals surface area contributed by atoms with Gasteiger partial charge in [0.25, 0.3) is 0 Å². The highest BCUT2D eigenvalue weighted by Crippen LogP contribution is 2.16. The van der Waals surface area contributed by atoms with Crippen LogP contribution in [0.15, 0.2) is 29.3 Å². The number of ether oxygens (including phenoxy) is 1. The first kappa shape index (κ1) is 22.6. The first-order valence-electron chi connectivity index (χ1n) is 8.68. The Bertz CT molecular complexity index is 521. The van der Waals surface area contributed by atoms with Gasteiger partial charge in [-0.1, -0.05) is 24.3 Å². The lowest BCUT2D eigenvalue weighted by molar-refractivity contribution is -0.176. The molecular formula is C18H28F3N3OS. The lowest BCUT2D eigenvalue weighted by Crippen LogP contribution is -2.37. The Kier molecular flexibility index (Phi) is 11.2. The van der Waals surface area contributed by atoms with Gasteiger partial charge in [0, 0.05) is 13.1 Å². The van der Waals surface area contributed by atoms with E-state index in [0.29, 0.717) is 12.1 Å². The number of hydrogen-bond donors (Lipinski definition) is 2. The summed E-state index contributed by atoms with van der Waals surface area (Å²) in [7, 11) is 0. The number of guanidine groups is 1. The second-order valence-electron chi connectivity index (χ2n) is 5.75. The smallest absolute Gasteiger partial charge is 0.367 e. The first-order valence-corrected chi connectivity index (χ1v) is 10.1. The van der Waals surface area contributed by atoms with Crippen LogP contribution in [0.3, 0.4) is 0 Å². The van der Waals surface area contributed by atoms with Crippen molar-refractivity contribution in [2.24, 2.45) is 4.99 Å². The van der Waals surface area contributed by atoms with E-state index in [9.17, 15) is 13.2 Å². The van der Waals surface area contributed by atoms with Gasteiger partial charge in [0.1, 0.15) is 6.61 Å². The van der Waals surface area contributed by atoms with E-state index in [-0.39, 0.29) is 6.61 Å². The number of thioether (sulfide) groups is 1. The molecule has 2 N–H and O–H groups in total. The van der Waals surface area contributed by atoms with Crippen molar-refractivity contribution in [1.82, 2.24) is 10.6 Å². The fourth-order valence-corrected chi connectivity index (χ4v) is 2.61. The quantitative estimate of drug-likeness (QED) is 0.340. The molecule has 0 saturated carbocycles. The van der Waals surface area contributed by atoms with Crippen molar-refractivity contribution in [2.75, 3.05) is 31.7 Å². The van der Waals surface area contributed by atoms with E-state index in [1.807, 2.05) is 30.8 Å². The number of benzene rings is 1. The van der Waals surface area contributed by atoms with Gasteiger partial charge in [-0.3, -0.25) is 0 Å². The van der Waals surface area contributed by atoms with E-state index in [1.54, 1.807) is 12.1 Å².